The van der Waals surface area contributed by atoms with Gasteiger partial charge < -0.3 is 10.8 Å². The number of hydrogen-bond donors (Lipinski definition) is 2. The van der Waals surface area contributed by atoms with Crippen molar-refractivity contribution in [3.05, 3.63) is 35.1 Å². The molecule has 1 atom stereocenters. The van der Waals surface area contributed by atoms with Gasteiger partial charge >= 0.3 is 0 Å². The average Bonchev–Trinajstić information content (AvgIpc) is 1.92. The van der Waals surface area contributed by atoms with Gasteiger partial charge in [-0.15, -0.1) is 0 Å². The fourth-order valence-corrected chi connectivity index (χ4v) is 0.908. The number of nitrogens with two attached hydrogens (primary N) is 1. The molecule has 3 N–H and O–H groups in total. The first-order valence-corrected chi connectivity index (χ1v) is 3.69. The molecule has 1 unspecified atom stereocenters. The largest absolute Gasteiger partial charge is 0.372 e. The summed E-state index contributed by atoms with van der Waals surface area (Å²) in [6, 6.07) is 4.44. The molecule has 12 heavy (non-hydrogen) atoms. The maximum absolute atomic E-state index is 12.9. The lowest BCUT2D eigenvalue weighted by molar-refractivity contribution is 0.0643. The zero-order valence-electron chi connectivity index (χ0n) is 7.13. The number of aryl methyl sites for hydroxylation is 1. The fraction of sp³-hybridized carbons (Fsp3) is 0.333. The molecule has 66 valence electrons. The van der Waals surface area contributed by atoms with Crippen LogP contribution in [0.15, 0.2) is 18.2 Å². The minimum Gasteiger partial charge on any atom is -0.372 e. The molecule has 0 aliphatic carbocycles. The van der Waals surface area contributed by atoms with Crippen LogP contribution in [0.1, 0.15) is 18.1 Å². The normalized spacial score (nSPS) is 15.8. The first kappa shape index (κ1) is 9.16. The highest BCUT2D eigenvalue weighted by Gasteiger charge is 2.16. The van der Waals surface area contributed by atoms with Gasteiger partial charge in [-0.05, 0) is 25.5 Å². The van der Waals surface area contributed by atoms with Crippen molar-refractivity contribution in [2.24, 2.45) is 5.73 Å². The van der Waals surface area contributed by atoms with Crippen molar-refractivity contribution < 1.29 is 9.50 Å². The third-order valence-electron chi connectivity index (χ3n) is 1.76. The Labute approximate surface area is 70.8 Å². The molecule has 0 spiro atoms. The van der Waals surface area contributed by atoms with E-state index < -0.39 is 5.72 Å². The van der Waals surface area contributed by atoms with E-state index in [1.807, 2.05) is 0 Å². The maximum atomic E-state index is 12.9. The van der Waals surface area contributed by atoms with Crippen molar-refractivity contribution in [2.45, 2.75) is 19.6 Å². The third-order valence-corrected chi connectivity index (χ3v) is 1.76. The molecule has 0 bridgehead atoms. The molecule has 2 nitrogen and oxygen atoms in total. The van der Waals surface area contributed by atoms with Crippen molar-refractivity contribution in [2.75, 3.05) is 0 Å². The fourth-order valence-electron chi connectivity index (χ4n) is 0.908. The van der Waals surface area contributed by atoms with Gasteiger partial charge in [0.25, 0.3) is 0 Å². The molecule has 1 rings (SSSR count). The highest BCUT2D eigenvalue weighted by molar-refractivity contribution is 5.26. The van der Waals surface area contributed by atoms with E-state index in [1.54, 1.807) is 19.1 Å². The van der Waals surface area contributed by atoms with Crippen LogP contribution in [0.25, 0.3) is 0 Å². The molecule has 0 saturated carbocycles. The predicted molar refractivity (Wildman–Crippen MR) is 44.9 cm³/mol. The Morgan fingerprint density at radius 2 is 2.08 bits per heavy atom. The van der Waals surface area contributed by atoms with Crippen LogP contribution in [0.5, 0.6) is 0 Å². The van der Waals surface area contributed by atoms with Crippen LogP contribution in [0.3, 0.4) is 0 Å². The van der Waals surface area contributed by atoms with E-state index in [9.17, 15) is 9.50 Å². The van der Waals surface area contributed by atoms with Crippen LogP contribution in [-0.4, -0.2) is 5.11 Å². The first-order valence-electron chi connectivity index (χ1n) is 3.69. The number of rotatable bonds is 1. The lowest BCUT2D eigenvalue weighted by atomic mass is 10.0. The summed E-state index contributed by atoms with van der Waals surface area (Å²) < 4.78 is 12.9. The SMILES string of the molecule is Cc1ccc(C(C)(N)O)cc1F. The van der Waals surface area contributed by atoms with E-state index in [1.165, 1.54) is 13.0 Å². The number of halogens is 1. The molecule has 0 aromatic heterocycles. The zero-order chi connectivity index (χ0) is 9.35. The van der Waals surface area contributed by atoms with Gasteiger partial charge in [0.15, 0.2) is 0 Å². The number of benzene rings is 1. The minimum atomic E-state index is -1.46. The second-order valence-electron chi connectivity index (χ2n) is 3.11. The number of hydrogen-bond acceptors (Lipinski definition) is 2. The molecule has 0 aliphatic heterocycles. The Hall–Kier alpha value is -0.930. The van der Waals surface area contributed by atoms with Crippen molar-refractivity contribution >= 4 is 0 Å². The molecule has 0 amide bonds. The Balaban J connectivity index is 3.14. The predicted octanol–water partition coefficient (Wildman–Crippen LogP) is 1.26. The summed E-state index contributed by atoms with van der Waals surface area (Å²) in [6.45, 7) is 3.07. The summed E-state index contributed by atoms with van der Waals surface area (Å²) in [7, 11) is 0. The molecule has 1 aromatic carbocycles. The zero-order valence-corrected chi connectivity index (χ0v) is 7.13. The molecular formula is C9H12FNO. The van der Waals surface area contributed by atoms with E-state index in [0.29, 0.717) is 11.1 Å². The van der Waals surface area contributed by atoms with Gasteiger partial charge in [-0.2, -0.15) is 0 Å². The second-order valence-corrected chi connectivity index (χ2v) is 3.11. The van der Waals surface area contributed by atoms with E-state index in [4.69, 9.17) is 5.73 Å². The first-order chi connectivity index (χ1) is 5.41. The van der Waals surface area contributed by atoms with E-state index in [2.05, 4.69) is 0 Å². The Morgan fingerprint density at radius 3 is 2.50 bits per heavy atom. The van der Waals surface area contributed by atoms with Crippen LogP contribution >= 0.6 is 0 Å². The van der Waals surface area contributed by atoms with Crippen molar-refractivity contribution in [1.82, 2.24) is 0 Å². The summed E-state index contributed by atoms with van der Waals surface area (Å²) in [4.78, 5) is 0. The van der Waals surface area contributed by atoms with E-state index in [0.717, 1.165) is 0 Å². The summed E-state index contributed by atoms with van der Waals surface area (Å²) >= 11 is 0. The smallest absolute Gasteiger partial charge is 0.136 e. The molecule has 0 saturated heterocycles. The van der Waals surface area contributed by atoms with Gasteiger partial charge in [0.1, 0.15) is 11.5 Å². The number of aliphatic hydroxyl groups is 1. The van der Waals surface area contributed by atoms with Crippen LogP contribution in [0.4, 0.5) is 4.39 Å². The Morgan fingerprint density at radius 1 is 1.50 bits per heavy atom. The highest BCUT2D eigenvalue weighted by atomic mass is 19.1. The Bertz CT molecular complexity index is 291. The summed E-state index contributed by atoms with van der Waals surface area (Å²) in [5.74, 6) is -0.349. The second kappa shape index (κ2) is 2.84. The van der Waals surface area contributed by atoms with Gasteiger partial charge in [-0.3, -0.25) is 0 Å². The molecule has 3 heteroatoms. The molecule has 0 fully saturated rings. The minimum absolute atomic E-state index is 0.349. The van der Waals surface area contributed by atoms with Gasteiger partial charge in [0, 0.05) is 5.56 Å². The van der Waals surface area contributed by atoms with Crippen molar-refractivity contribution in [1.29, 1.82) is 0 Å². The van der Waals surface area contributed by atoms with E-state index >= 15 is 0 Å². The lowest BCUT2D eigenvalue weighted by Gasteiger charge is -2.17. The van der Waals surface area contributed by atoms with Crippen LogP contribution in [0, 0.1) is 12.7 Å². The highest BCUT2D eigenvalue weighted by Crippen LogP contribution is 2.17. The topological polar surface area (TPSA) is 46.2 Å². The summed E-state index contributed by atoms with van der Waals surface area (Å²) in [5, 5.41) is 9.32. The van der Waals surface area contributed by atoms with E-state index in [-0.39, 0.29) is 5.82 Å². The van der Waals surface area contributed by atoms with Gasteiger partial charge in [0.2, 0.25) is 0 Å². The molecule has 1 aromatic rings. The van der Waals surface area contributed by atoms with Gasteiger partial charge in [-0.1, -0.05) is 12.1 Å². The van der Waals surface area contributed by atoms with Gasteiger partial charge in [0.05, 0.1) is 0 Å². The molecular weight excluding hydrogens is 157 g/mol. The molecule has 0 aliphatic rings. The Kier molecular flexibility index (Phi) is 2.17. The monoisotopic (exact) mass is 169 g/mol. The van der Waals surface area contributed by atoms with Crippen LogP contribution < -0.4 is 5.73 Å². The average molecular weight is 169 g/mol. The summed E-state index contributed by atoms with van der Waals surface area (Å²) in [5.41, 5.74) is 4.83. The lowest BCUT2D eigenvalue weighted by Crippen LogP contribution is -2.32. The summed E-state index contributed by atoms with van der Waals surface area (Å²) in [6.07, 6.45) is 0. The molecule has 0 radical (unpaired) electrons. The maximum Gasteiger partial charge on any atom is 0.136 e. The van der Waals surface area contributed by atoms with Crippen LogP contribution in [0.2, 0.25) is 0 Å². The quantitative estimate of drug-likeness (QED) is 0.621. The van der Waals surface area contributed by atoms with Gasteiger partial charge in [-0.25, -0.2) is 4.39 Å². The molecule has 0 heterocycles. The van der Waals surface area contributed by atoms with Crippen molar-refractivity contribution in [3.8, 4) is 0 Å². The third kappa shape index (κ3) is 1.81. The van der Waals surface area contributed by atoms with Crippen LogP contribution in [-0.2, 0) is 5.72 Å². The standard InChI is InChI=1S/C9H12FNO/c1-6-3-4-7(5-8(6)10)9(2,11)12/h3-5,12H,11H2,1-2H3. The van der Waals surface area contributed by atoms with Crippen molar-refractivity contribution in [3.63, 3.8) is 0 Å².